The number of halogens is 2. The summed E-state index contributed by atoms with van der Waals surface area (Å²) in [5, 5.41) is 3.58. The first-order chi connectivity index (χ1) is 7.34. The molecule has 2 rings (SSSR count). The first kappa shape index (κ1) is 13.6. The molecule has 4 nitrogen and oxygen atoms in total. The average molecular weight is 264 g/mol. The van der Waals surface area contributed by atoms with E-state index in [-0.39, 0.29) is 17.7 Å². The van der Waals surface area contributed by atoms with Crippen LogP contribution in [0, 0.1) is 5.92 Å². The zero-order valence-electron chi connectivity index (χ0n) is 8.86. The van der Waals surface area contributed by atoms with Gasteiger partial charge in [-0.25, -0.2) is 9.97 Å². The summed E-state index contributed by atoms with van der Waals surface area (Å²) in [6.07, 6.45) is 2.84. The summed E-state index contributed by atoms with van der Waals surface area (Å²) in [5.74, 6) is 0.641. The first-order valence-corrected chi connectivity index (χ1v) is 5.48. The first-order valence-electron chi connectivity index (χ1n) is 5.10. The Hall–Kier alpha value is -0.420. The minimum atomic E-state index is 0. The second-order valence-corrected chi connectivity index (χ2v) is 4.03. The van der Waals surface area contributed by atoms with E-state index in [4.69, 9.17) is 16.3 Å². The summed E-state index contributed by atoms with van der Waals surface area (Å²) in [5.41, 5.74) is 0.834. The van der Waals surface area contributed by atoms with Crippen molar-refractivity contribution in [2.45, 2.75) is 13.0 Å². The molecular formula is C10H15Cl2N3O. The van der Waals surface area contributed by atoms with Crippen molar-refractivity contribution in [3.63, 3.8) is 0 Å². The third kappa shape index (κ3) is 4.22. The lowest BCUT2D eigenvalue weighted by atomic mass is 10.1. The van der Waals surface area contributed by atoms with Gasteiger partial charge in [-0.15, -0.1) is 12.4 Å². The van der Waals surface area contributed by atoms with Gasteiger partial charge >= 0.3 is 0 Å². The van der Waals surface area contributed by atoms with Crippen LogP contribution in [0.4, 0.5) is 0 Å². The molecule has 0 bridgehead atoms. The molecule has 1 aromatic heterocycles. The number of hydrogen-bond donors (Lipinski definition) is 1. The van der Waals surface area contributed by atoms with Crippen LogP contribution < -0.4 is 5.32 Å². The Morgan fingerprint density at radius 1 is 1.56 bits per heavy atom. The van der Waals surface area contributed by atoms with E-state index in [2.05, 4.69) is 15.3 Å². The van der Waals surface area contributed by atoms with Crippen LogP contribution in [-0.4, -0.2) is 29.7 Å². The normalized spacial score (nSPS) is 19.4. The molecule has 0 radical (unpaired) electrons. The van der Waals surface area contributed by atoms with E-state index in [0.717, 1.165) is 25.4 Å². The van der Waals surface area contributed by atoms with Crippen molar-refractivity contribution < 1.29 is 4.74 Å². The fraction of sp³-hybridized carbons (Fsp3) is 0.600. The number of ether oxygens (including phenoxy) is 1. The molecular weight excluding hydrogens is 249 g/mol. The highest BCUT2D eigenvalue weighted by atomic mass is 35.5. The molecule has 1 N–H and O–H groups in total. The van der Waals surface area contributed by atoms with Crippen LogP contribution in [0.1, 0.15) is 12.1 Å². The Labute approximate surface area is 106 Å². The van der Waals surface area contributed by atoms with Crippen molar-refractivity contribution in [1.82, 2.24) is 15.3 Å². The number of nitrogens with one attached hydrogen (secondary N) is 1. The molecule has 0 amide bonds. The second-order valence-electron chi connectivity index (χ2n) is 3.69. The Bertz CT molecular complexity index is 319. The van der Waals surface area contributed by atoms with Gasteiger partial charge in [0.1, 0.15) is 0 Å². The van der Waals surface area contributed by atoms with Gasteiger partial charge in [0.15, 0.2) is 0 Å². The zero-order valence-corrected chi connectivity index (χ0v) is 10.4. The molecule has 1 fully saturated rings. The molecule has 0 aliphatic carbocycles. The maximum atomic E-state index is 5.66. The quantitative estimate of drug-likeness (QED) is 0.840. The lowest BCUT2D eigenvalue weighted by Crippen LogP contribution is -2.14. The maximum Gasteiger partial charge on any atom is 0.222 e. The summed E-state index contributed by atoms with van der Waals surface area (Å²) < 4.78 is 5.57. The lowest BCUT2D eigenvalue weighted by Gasteiger charge is -2.08. The van der Waals surface area contributed by atoms with Crippen molar-refractivity contribution in [3.8, 4) is 0 Å². The Kier molecular flexibility index (Phi) is 5.98. The summed E-state index contributed by atoms with van der Waals surface area (Å²) in [6, 6.07) is 1.82. The predicted molar refractivity (Wildman–Crippen MR) is 64.9 cm³/mol. The predicted octanol–water partition coefficient (Wildman–Crippen LogP) is 1.68. The van der Waals surface area contributed by atoms with Crippen molar-refractivity contribution in [2.75, 3.05) is 19.7 Å². The van der Waals surface area contributed by atoms with E-state index in [1.165, 1.54) is 6.42 Å². The molecule has 6 heteroatoms. The maximum absolute atomic E-state index is 5.66. The standard InChI is InChI=1S/C10H14ClN3O.ClH/c11-10-13-4-2-9(14-10)7-15-6-8-1-3-12-5-8;/h2,4,8,12H,1,3,5-7H2;1H. The topological polar surface area (TPSA) is 47.0 Å². The van der Waals surface area contributed by atoms with Crippen LogP contribution in [-0.2, 0) is 11.3 Å². The molecule has 1 unspecified atom stereocenters. The number of rotatable bonds is 4. The van der Waals surface area contributed by atoms with Crippen LogP contribution >= 0.6 is 24.0 Å². The fourth-order valence-electron chi connectivity index (χ4n) is 1.64. The van der Waals surface area contributed by atoms with E-state index in [1.54, 1.807) is 6.20 Å². The summed E-state index contributed by atoms with van der Waals surface area (Å²) in [6.45, 7) is 3.46. The molecule has 1 saturated heterocycles. The summed E-state index contributed by atoms with van der Waals surface area (Å²) >= 11 is 5.66. The van der Waals surface area contributed by atoms with Gasteiger partial charge in [0.2, 0.25) is 5.28 Å². The highest BCUT2D eigenvalue weighted by Gasteiger charge is 2.14. The number of aromatic nitrogens is 2. The third-order valence-corrected chi connectivity index (χ3v) is 2.63. The molecule has 0 spiro atoms. The van der Waals surface area contributed by atoms with Gasteiger partial charge in [0.25, 0.3) is 0 Å². The zero-order chi connectivity index (χ0) is 10.5. The summed E-state index contributed by atoms with van der Waals surface area (Å²) in [7, 11) is 0. The Morgan fingerprint density at radius 2 is 2.44 bits per heavy atom. The number of hydrogen-bond acceptors (Lipinski definition) is 4. The van der Waals surface area contributed by atoms with E-state index in [1.807, 2.05) is 6.07 Å². The SMILES string of the molecule is Cl.Clc1nccc(COCC2CCNC2)n1. The van der Waals surface area contributed by atoms with E-state index in [9.17, 15) is 0 Å². The monoisotopic (exact) mass is 263 g/mol. The van der Waals surface area contributed by atoms with Crippen molar-refractivity contribution in [2.24, 2.45) is 5.92 Å². The average Bonchev–Trinajstić information content (AvgIpc) is 2.71. The molecule has 1 aliphatic rings. The van der Waals surface area contributed by atoms with E-state index in [0.29, 0.717) is 12.5 Å². The van der Waals surface area contributed by atoms with E-state index < -0.39 is 0 Å². The van der Waals surface area contributed by atoms with Crippen LogP contribution in [0.25, 0.3) is 0 Å². The highest BCUT2D eigenvalue weighted by molar-refractivity contribution is 6.28. The van der Waals surface area contributed by atoms with Crippen LogP contribution in [0.5, 0.6) is 0 Å². The van der Waals surface area contributed by atoms with Gasteiger partial charge < -0.3 is 10.1 Å². The van der Waals surface area contributed by atoms with Gasteiger partial charge in [-0.1, -0.05) is 0 Å². The second kappa shape index (κ2) is 7.01. The van der Waals surface area contributed by atoms with Crippen LogP contribution in [0.15, 0.2) is 12.3 Å². The fourth-order valence-corrected chi connectivity index (χ4v) is 1.80. The molecule has 16 heavy (non-hydrogen) atoms. The third-order valence-electron chi connectivity index (χ3n) is 2.45. The van der Waals surface area contributed by atoms with E-state index >= 15 is 0 Å². The Morgan fingerprint density at radius 3 is 3.12 bits per heavy atom. The molecule has 1 aliphatic heterocycles. The lowest BCUT2D eigenvalue weighted by molar-refractivity contribution is 0.0902. The van der Waals surface area contributed by atoms with Crippen molar-refractivity contribution >= 4 is 24.0 Å². The molecule has 90 valence electrons. The molecule has 1 atom stereocenters. The summed E-state index contributed by atoms with van der Waals surface area (Å²) in [4.78, 5) is 7.87. The Balaban J connectivity index is 0.00000128. The molecule has 0 aromatic carbocycles. The van der Waals surface area contributed by atoms with Crippen molar-refractivity contribution in [3.05, 3.63) is 23.2 Å². The molecule has 2 heterocycles. The minimum absolute atomic E-state index is 0. The van der Waals surface area contributed by atoms with Crippen LogP contribution in [0.2, 0.25) is 5.28 Å². The van der Waals surface area contributed by atoms with Gasteiger partial charge in [0, 0.05) is 12.7 Å². The van der Waals surface area contributed by atoms with Gasteiger partial charge in [-0.05, 0) is 36.6 Å². The van der Waals surface area contributed by atoms with Gasteiger partial charge in [-0.3, -0.25) is 0 Å². The number of nitrogens with zero attached hydrogens (tertiary/aromatic N) is 2. The largest absolute Gasteiger partial charge is 0.375 e. The molecule has 1 aromatic rings. The van der Waals surface area contributed by atoms with Gasteiger partial charge in [-0.2, -0.15) is 0 Å². The highest BCUT2D eigenvalue weighted by Crippen LogP contribution is 2.09. The van der Waals surface area contributed by atoms with Crippen LogP contribution in [0.3, 0.4) is 0 Å². The van der Waals surface area contributed by atoms with Gasteiger partial charge in [0.05, 0.1) is 18.9 Å². The minimum Gasteiger partial charge on any atom is -0.375 e. The van der Waals surface area contributed by atoms with Crippen molar-refractivity contribution in [1.29, 1.82) is 0 Å². The molecule has 0 saturated carbocycles. The smallest absolute Gasteiger partial charge is 0.222 e.